The first-order valence-electron chi connectivity index (χ1n) is 7.47. The van der Waals surface area contributed by atoms with Gasteiger partial charge in [-0.25, -0.2) is 0 Å². The minimum Gasteiger partial charge on any atom is -0.496 e. The molecule has 0 bridgehead atoms. The van der Waals surface area contributed by atoms with Crippen LogP contribution in [0.2, 0.25) is 0 Å². The lowest BCUT2D eigenvalue weighted by Gasteiger charge is -2.10. The maximum absolute atomic E-state index is 11.6. The molecule has 0 aliphatic rings. The fourth-order valence-corrected chi connectivity index (χ4v) is 2.53. The van der Waals surface area contributed by atoms with Crippen LogP contribution in [0.15, 0.2) is 46.9 Å². The van der Waals surface area contributed by atoms with Crippen molar-refractivity contribution in [3.63, 3.8) is 0 Å². The van der Waals surface area contributed by atoms with Crippen molar-refractivity contribution in [1.82, 2.24) is 0 Å². The quantitative estimate of drug-likeness (QED) is 0.580. The maximum Gasteiger partial charge on any atom is 0.204 e. The summed E-state index contributed by atoms with van der Waals surface area (Å²) in [6, 6.07) is 13.3. The summed E-state index contributed by atoms with van der Waals surface area (Å²) >= 11 is 0. The first kappa shape index (κ1) is 18.1. The molecule has 1 heterocycles. The molecule has 3 aromatic rings. The Balaban J connectivity index is 0.000000701. The van der Waals surface area contributed by atoms with E-state index in [-0.39, 0.29) is 12.2 Å². The number of carbonyl (C=O) groups is 2. The molecule has 1 aromatic heterocycles. The van der Waals surface area contributed by atoms with Crippen molar-refractivity contribution in [2.45, 2.75) is 6.92 Å². The van der Waals surface area contributed by atoms with Crippen molar-refractivity contribution in [2.75, 3.05) is 14.2 Å². The fourth-order valence-electron chi connectivity index (χ4n) is 2.53. The molecular weight excluding hydrogens is 322 g/mol. The minimum absolute atomic E-state index is 0.121. The van der Waals surface area contributed by atoms with E-state index >= 15 is 0 Å². The van der Waals surface area contributed by atoms with Crippen molar-refractivity contribution in [3.05, 3.63) is 48.2 Å². The zero-order valence-corrected chi connectivity index (χ0v) is 14.2. The molecule has 0 saturated carbocycles. The van der Waals surface area contributed by atoms with Crippen LogP contribution in [0.1, 0.15) is 17.5 Å². The van der Waals surface area contributed by atoms with Crippen LogP contribution in [0.5, 0.6) is 11.5 Å². The maximum atomic E-state index is 11.6. The van der Waals surface area contributed by atoms with Gasteiger partial charge in [0.2, 0.25) is 6.41 Å². The molecule has 0 fully saturated rings. The molecule has 0 saturated heterocycles. The average molecular weight is 341 g/mol. The van der Waals surface area contributed by atoms with Crippen LogP contribution >= 0.6 is 0 Å². The Kier molecular flexibility index (Phi) is 5.79. The average Bonchev–Trinajstić information content (AvgIpc) is 3.07. The molecule has 1 amide bonds. The van der Waals surface area contributed by atoms with Gasteiger partial charge in [-0.1, -0.05) is 18.2 Å². The van der Waals surface area contributed by atoms with E-state index in [9.17, 15) is 4.79 Å². The number of para-hydroxylation sites is 1. The van der Waals surface area contributed by atoms with E-state index in [0.717, 1.165) is 22.3 Å². The lowest BCUT2D eigenvalue weighted by Crippen LogP contribution is -1.89. The van der Waals surface area contributed by atoms with Crippen LogP contribution < -0.4 is 15.2 Å². The number of amides is 1. The van der Waals surface area contributed by atoms with Crippen molar-refractivity contribution >= 4 is 23.2 Å². The summed E-state index contributed by atoms with van der Waals surface area (Å²) in [4.78, 5) is 20.2. The van der Waals surface area contributed by atoms with Gasteiger partial charge in [0.05, 0.1) is 14.2 Å². The van der Waals surface area contributed by atoms with Gasteiger partial charge in [0.25, 0.3) is 0 Å². The molecule has 0 radical (unpaired) electrons. The van der Waals surface area contributed by atoms with E-state index in [4.69, 9.17) is 18.7 Å². The Bertz CT molecular complexity index is 898. The topological polar surface area (TPSA) is 91.8 Å². The second kappa shape index (κ2) is 8.01. The summed E-state index contributed by atoms with van der Waals surface area (Å²) in [5.74, 6) is 1.56. The molecule has 2 N–H and O–H groups in total. The highest BCUT2D eigenvalue weighted by molar-refractivity contribution is 6.03. The Morgan fingerprint density at radius 3 is 2.28 bits per heavy atom. The third-order valence-corrected chi connectivity index (χ3v) is 3.61. The highest BCUT2D eigenvalue weighted by Crippen LogP contribution is 2.39. The number of primary amides is 1. The standard InChI is InChI=1S/C18H16O4.CH3NO/c1-11(19)17-10-14-12(8-9-16(21-3)18(14)22-17)13-6-4-5-7-15(13)20-2;2-1-3/h4-10H,1-3H3;1H,(H2,2,3). The number of carbonyl (C=O) groups excluding carboxylic acids is 2. The van der Waals surface area contributed by atoms with Gasteiger partial charge in [-0.2, -0.15) is 0 Å². The van der Waals surface area contributed by atoms with E-state index in [1.807, 2.05) is 36.4 Å². The van der Waals surface area contributed by atoms with Crippen molar-refractivity contribution in [2.24, 2.45) is 5.73 Å². The second-order valence-corrected chi connectivity index (χ2v) is 5.06. The van der Waals surface area contributed by atoms with E-state index in [0.29, 0.717) is 17.1 Å². The Morgan fingerprint density at radius 1 is 1.04 bits per heavy atom. The molecule has 0 atom stereocenters. The summed E-state index contributed by atoms with van der Waals surface area (Å²) in [5.41, 5.74) is 6.61. The van der Waals surface area contributed by atoms with Crippen molar-refractivity contribution in [3.8, 4) is 22.6 Å². The van der Waals surface area contributed by atoms with Crippen LogP contribution in [0.3, 0.4) is 0 Å². The van der Waals surface area contributed by atoms with E-state index in [1.54, 1.807) is 20.3 Å². The van der Waals surface area contributed by atoms with Gasteiger partial charge in [-0.3, -0.25) is 9.59 Å². The molecule has 3 rings (SSSR count). The van der Waals surface area contributed by atoms with Crippen LogP contribution in [0.25, 0.3) is 22.1 Å². The SMILES string of the molecule is COc1ccccc1-c1ccc(OC)c2oc(C(C)=O)cc12.NC=O. The van der Waals surface area contributed by atoms with Gasteiger partial charge in [0, 0.05) is 17.9 Å². The fraction of sp³-hybridized carbons (Fsp3) is 0.158. The zero-order chi connectivity index (χ0) is 18.4. The van der Waals surface area contributed by atoms with Crippen LogP contribution in [0, 0.1) is 0 Å². The molecule has 0 aliphatic carbocycles. The Morgan fingerprint density at radius 2 is 1.68 bits per heavy atom. The molecule has 25 heavy (non-hydrogen) atoms. The molecule has 0 spiro atoms. The van der Waals surface area contributed by atoms with E-state index in [2.05, 4.69) is 5.73 Å². The zero-order valence-electron chi connectivity index (χ0n) is 14.2. The molecular formula is C19H19NO5. The third-order valence-electron chi connectivity index (χ3n) is 3.61. The number of benzene rings is 2. The van der Waals surface area contributed by atoms with Gasteiger partial charge >= 0.3 is 0 Å². The predicted octanol–water partition coefficient (Wildman–Crippen LogP) is 3.42. The van der Waals surface area contributed by atoms with Gasteiger partial charge < -0.3 is 19.6 Å². The highest BCUT2D eigenvalue weighted by Gasteiger charge is 2.17. The number of ketones is 1. The second-order valence-electron chi connectivity index (χ2n) is 5.06. The van der Waals surface area contributed by atoms with Crippen LogP contribution in [0.4, 0.5) is 0 Å². The monoisotopic (exact) mass is 341 g/mol. The predicted molar refractivity (Wildman–Crippen MR) is 95.0 cm³/mol. The summed E-state index contributed by atoms with van der Waals surface area (Å²) in [6.45, 7) is 1.48. The number of furan rings is 1. The number of hydrogen-bond donors (Lipinski definition) is 1. The van der Waals surface area contributed by atoms with Gasteiger partial charge in [-0.05, 0) is 29.8 Å². The Hall–Kier alpha value is -3.28. The molecule has 130 valence electrons. The number of fused-ring (bicyclic) bond motifs is 1. The number of Topliss-reactive ketones (excluding diaryl/α,β-unsaturated/α-hetero) is 1. The summed E-state index contributed by atoms with van der Waals surface area (Å²) in [6.07, 6.45) is 0.250. The summed E-state index contributed by atoms with van der Waals surface area (Å²) < 4.78 is 16.4. The smallest absolute Gasteiger partial charge is 0.204 e. The number of rotatable bonds is 4. The molecule has 2 aromatic carbocycles. The molecule has 6 nitrogen and oxygen atoms in total. The van der Waals surface area contributed by atoms with Crippen LogP contribution in [-0.2, 0) is 4.79 Å². The number of methoxy groups -OCH3 is 2. The van der Waals surface area contributed by atoms with E-state index in [1.165, 1.54) is 6.92 Å². The molecule has 0 unspecified atom stereocenters. The lowest BCUT2D eigenvalue weighted by molar-refractivity contribution is -0.106. The lowest BCUT2D eigenvalue weighted by atomic mass is 10.00. The highest BCUT2D eigenvalue weighted by atomic mass is 16.5. The minimum atomic E-state index is -0.121. The van der Waals surface area contributed by atoms with Crippen molar-refractivity contribution in [1.29, 1.82) is 0 Å². The largest absolute Gasteiger partial charge is 0.496 e. The van der Waals surface area contributed by atoms with Gasteiger partial charge in [0.15, 0.2) is 22.9 Å². The molecule has 0 aliphatic heterocycles. The first-order valence-corrected chi connectivity index (χ1v) is 7.47. The molecule has 6 heteroatoms. The normalized spacial score (nSPS) is 9.88. The van der Waals surface area contributed by atoms with E-state index < -0.39 is 0 Å². The number of nitrogens with two attached hydrogens (primary N) is 1. The van der Waals surface area contributed by atoms with Crippen LogP contribution in [-0.4, -0.2) is 26.4 Å². The number of hydrogen-bond acceptors (Lipinski definition) is 5. The third kappa shape index (κ3) is 3.63. The Labute approximate surface area is 145 Å². The van der Waals surface area contributed by atoms with Gasteiger partial charge in [0.1, 0.15) is 5.75 Å². The van der Waals surface area contributed by atoms with Crippen molar-refractivity contribution < 1.29 is 23.5 Å². The van der Waals surface area contributed by atoms with Gasteiger partial charge in [-0.15, -0.1) is 0 Å². The first-order chi connectivity index (χ1) is 12.1. The summed E-state index contributed by atoms with van der Waals surface area (Å²) in [7, 11) is 3.21. The number of ether oxygens (including phenoxy) is 2. The summed E-state index contributed by atoms with van der Waals surface area (Å²) in [5, 5.41) is 0.828.